The molecule has 3 nitrogen and oxygen atoms in total. The number of nitrogens with zero attached hydrogens (tertiary/aromatic N) is 1. The van der Waals surface area contributed by atoms with Crippen molar-refractivity contribution in [3.8, 4) is 0 Å². The maximum absolute atomic E-state index is 12.7. The van der Waals surface area contributed by atoms with Crippen LogP contribution in [0.25, 0.3) is 0 Å². The van der Waals surface area contributed by atoms with Crippen LogP contribution in [-0.4, -0.2) is 17.2 Å². The van der Waals surface area contributed by atoms with Crippen molar-refractivity contribution in [1.82, 2.24) is 0 Å². The lowest BCUT2D eigenvalue weighted by atomic mass is 9.68. The molecule has 1 fully saturated rings. The van der Waals surface area contributed by atoms with Crippen molar-refractivity contribution in [3.05, 3.63) is 65.7 Å². The van der Waals surface area contributed by atoms with Gasteiger partial charge in [0, 0.05) is 5.69 Å². The largest absolute Gasteiger partial charge is 0.298 e. The molecule has 22 heavy (non-hydrogen) atoms. The van der Waals surface area contributed by atoms with Gasteiger partial charge in [-0.15, -0.1) is 0 Å². The molecule has 0 spiro atoms. The number of hydrogen-bond donors (Lipinski definition) is 0. The van der Waals surface area contributed by atoms with E-state index in [1.807, 2.05) is 68.4 Å². The van der Waals surface area contributed by atoms with E-state index >= 15 is 0 Å². The van der Waals surface area contributed by atoms with Crippen molar-refractivity contribution >= 4 is 17.4 Å². The Balaban J connectivity index is 2.05. The van der Waals surface area contributed by atoms with Gasteiger partial charge in [-0.05, 0) is 38.5 Å². The number of hydrogen-bond acceptors (Lipinski definition) is 2. The molecule has 0 saturated carbocycles. The Kier molecular flexibility index (Phi) is 3.36. The van der Waals surface area contributed by atoms with E-state index in [0.29, 0.717) is 0 Å². The van der Waals surface area contributed by atoms with Gasteiger partial charge in [-0.25, -0.2) is 0 Å². The average molecular weight is 293 g/mol. The summed E-state index contributed by atoms with van der Waals surface area (Å²) in [4.78, 5) is 26.7. The maximum atomic E-state index is 12.7. The Morgan fingerprint density at radius 3 is 2.18 bits per heavy atom. The molecule has 0 aliphatic carbocycles. The molecule has 1 aliphatic heterocycles. The molecule has 2 unspecified atom stereocenters. The number of amides is 1. The van der Waals surface area contributed by atoms with Crippen LogP contribution in [0.1, 0.15) is 30.9 Å². The van der Waals surface area contributed by atoms with E-state index in [9.17, 15) is 9.59 Å². The molecular weight excluding hydrogens is 274 g/mol. The van der Waals surface area contributed by atoms with Gasteiger partial charge in [-0.1, -0.05) is 48.0 Å². The van der Waals surface area contributed by atoms with Gasteiger partial charge in [-0.2, -0.15) is 0 Å². The molecule has 1 amide bonds. The average Bonchev–Trinajstić information content (AvgIpc) is 2.50. The standard InChI is InChI=1S/C19H19NO2/c1-13-9-11-16(12-10-13)20-18(22)17(19(20,3)14(2)21)15-7-5-4-6-8-15/h4-12,17H,1-3H3. The molecule has 0 aromatic heterocycles. The van der Waals surface area contributed by atoms with Crippen LogP contribution in [-0.2, 0) is 9.59 Å². The van der Waals surface area contributed by atoms with Crippen LogP contribution in [0, 0.1) is 6.92 Å². The third kappa shape index (κ3) is 1.97. The van der Waals surface area contributed by atoms with Crippen LogP contribution >= 0.6 is 0 Å². The minimum atomic E-state index is -0.826. The summed E-state index contributed by atoms with van der Waals surface area (Å²) in [5.74, 6) is -0.429. The third-order valence-corrected chi connectivity index (χ3v) is 4.63. The zero-order valence-corrected chi connectivity index (χ0v) is 13.0. The predicted molar refractivity (Wildman–Crippen MR) is 86.9 cm³/mol. The number of ketones is 1. The van der Waals surface area contributed by atoms with Gasteiger partial charge in [0.15, 0.2) is 5.78 Å². The van der Waals surface area contributed by atoms with E-state index < -0.39 is 11.5 Å². The first-order valence-corrected chi connectivity index (χ1v) is 7.43. The number of benzene rings is 2. The number of rotatable bonds is 3. The summed E-state index contributed by atoms with van der Waals surface area (Å²) in [5, 5.41) is 0. The van der Waals surface area contributed by atoms with Crippen molar-refractivity contribution in [2.45, 2.75) is 32.2 Å². The molecule has 3 rings (SSSR count). The van der Waals surface area contributed by atoms with E-state index in [4.69, 9.17) is 0 Å². The molecule has 0 bridgehead atoms. The van der Waals surface area contributed by atoms with Crippen LogP contribution < -0.4 is 4.90 Å². The van der Waals surface area contributed by atoms with E-state index in [1.165, 1.54) is 0 Å². The molecular formula is C19H19NO2. The first-order valence-electron chi connectivity index (χ1n) is 7.43. The van der Waals surface area contributed by atoms with Crippen molar-refractivity contribution in [1.29, 1.82) is 0 Å². The fraction of sp³-hybridized carbons (Fsp3) is 0.263. The predicted octanol–water partition coefficient (Wildman–Crippen LogP) is 3.47. The van der Waals surface area contributed by atoms with Crippen LogP contribution in [0.15, 0.2) is 54.6 Å². The number of anilines is 1. The van der Waals surface area contributed by atoms with E-state index in [1.54, 1.807) is 11.8 Å². The summed E-state index contributed by atoms with van der Waals surface area (Å²) < 4.78 is 0. The second-order valence-electron chi connectivity index (χ2n) is 6.06. The van der Waals surface area contributed by atoms with Gasteiger partial charge in [-0.3, -0.25) is 14.5 Å². The molecule has 2 aromatic rings. The van der Waals surface area contributed by atoms with Gasteiger partial charge in [0.25, 0.3) is 0 Å². The smallest absolute Gasteiger partial charge is 0.238 e. The van der Waals surface area contributed by atoms with Crippen LogP contribution in [0.2, 0.25) is 0 Å². The van der Waals surface area contributed by atoms with Crippen LogP contribution in [0.4, 0.5) is 5.69 Å². The quantitative estimate of drug-likeness (QED) is 0.813. The molecule has 1 heterocycles. The zero-order valence-electron chi connectivity index (χ0n) is 13.0. The Morgan fingerprint density at radius 1 is 1.05 bits per heavy atom. The lowest BCUT2D eigenvalue weighted by molar-refractivity contribution is -0.139. The van der Waals surface area contributed by atoms with Gasteiger partial charge in [0.2, 0.25) is 5.91 Å². The highest BCUT2D eigenvalue weighted by Gasteiger charge is 2.61. The lowest BCUT2D eigenvalue weighted by Crippen LogP contribution is -2.71. The normalized spacial score (nSPS) is 24.0. The van der Waals surface area contributed by atoms with Crippen LogP contribution in [0.5, 0.6) is 0 Å². The lowest BCUT2D eigenvalue weighted by Gasteiger charge is -2.54. The van der Waals surface area contributed by atoms with Gasteiger partial charge in [0.1, 0.15) is 5.54 Å². The molecule has 3 heteroatoms. The molecule has 2 atom stereocenters. The number of aryl methyl sites for hydroxylation is 1. The molecule has 112 valence electrons. The number of carbonyl (C=O) groups excluding carboxylic acids is 2. The van der Waals surface area contributed by atoms with Crippen LogP contribution in [0.3, 0.4) is 0 Å². The Morgan fingerprint density at radius 2 is 1.64 bits per heavy atom. The van der Waals surface area contributed by atoms with E-state index in [-0.39, 0.29) is 11.7 Å². The summed E-state index contributed by atoms with van der Waals surface area (Å²) in [6, 6.07) is 17.3. The molecule has 2 aromatic carbocycles. The minimum Gasteiger partial charge on any atom is -0.298 e. The SMILES string of the molecule is CC(=O)C1(C)C(c2ccccc2)C(=O)N1c1ccc(C)cc1. The highest BCUT2D eigenvalue weighted by molar-refractivity contribution is 6.17. The highest BCUT2D eigenvalue weighted by Crippen LogP contribution is 2.47. The monoisotopic (exact) mass is 293 g/mol. The summed E-state index contributed by atoms with van der Waals surface area (Å²) in [7, 11) is 0. The highest BCUT2D eigenvalue weighted by atomic mass is 16.2. The molecule has 0 N–H and O–H groups in total. The fourth-order valence-electron chi connectivity index (χ4n) is 3.22. The minimum absolute atomic E-state index is 0.00141. The summed E-state index contributed by atoms with van der Waals surface area (Å²) >= 11 is 0. The molecule has 1 saturated heterocycles. The van der Waals surface area contributed by atoms with Gasteiger partial charge < -0.3 is 0 Å². The fourth-order valence-corrected chi connectivity index (χ4v) is 3.22. The third-order valence-electron chi connectivity index (χ3n) is 4.63. The van der Waals surface area contributed by atoms with Crippen molar-refractivity contribution in [2.24, 2.45) is 0 Å². The van der Waals surface area contributed by atoms with Gasteiger partial charge >= 0.3 is 0 Å². The second kappa shape index (κ2) is 5.09. The Labute approximate surface area is 130 Å². The van der Waals surface area contributed by atoms with E-state index in [2.05, 4.69) is 0 Å². The maximum Gasteiger partial charge on any atom is 0.238 e. The number of Topliss-reactive ketones (excluding diaryl/α,β-unsaturated/α-hetero) is 1. The van der Waals surface area contributed by atoms with Gasteiger partial charge in [0.05, 0.1) is 5.92 Å². The molecule has 1 aliphatic rings. The first kappa shape index (κ1) is 14.5. The zero-order chi connectivity index (χ0) is 15.9. The number of β-lactam (4-membered cyclic amide) rings is 1. The van der Waals surface area contributed by atoms with Crippen molar-refractivity contribution in [2.75, 3.05) is 4.90 Å². The Hall–Kier alpha value is -2.42. The summed E-state index contributed by atoms with van der Waals surface area (Å²) in [6.07, 6.45) is 0. The van der Waals surface area contributed by atoms with Crippen molar-refractivity contribution < 1.29 is 9.59 Å². The topological polar surface area (TPSA) is 37.4 Å². The van der Waals surface area contributed by atoms with Crippen molar-refractivity contribution in [3.63, 3.8) is 0 Å². The first-order chi connectivity index (χ1) is 10.5. The molecule has 0 radical (unpaired) electrons. The Bertz CT molecular complexity index is 721. The van der Waals surface area contributed by atoms with E-state index in [0.717, 1.165) is 16.8 Å². The summed E-state index contributed by atoms with van der Waals surface area (Å²) in [6.45, 7) is 5.41. The summed E-state index contributed by atoms with van der Waals surface area (Å²) in [5.41, 5.74) is 1.98. The second-order valence-corrected chi connectivity index (χ2v) is 6.06. The number of carbonyl (C=O) groups is 2.